The first-order valence-electron chi connectivity index (χ1n) is 5.75. The highest BCUT2D eigenvalue weighted by molar-refractivity contribution is 6.30. The fourth-order valence-corrected chi connectivity index (χ4v) is 1.99. The molecule has 2 aromatic rings. The molecule has 1 aromatic heterocycles. The number of hydrogen-bond donors (Lipinski definition) is 0. The predicted octanol–water partition coefficient (Wildman–Crippen LogP) is 3.15. The lowest BCUT2D eigenvalue weighted by Gasteiger charge is -2.07. The normalized spacial score (nSPS) is 10.7. The van der Waals surface area contributed by atoms with Crippen LogP contribution >= 0.6 is 11.6 Å². The van der Waals surface area contributed by atoms with Gasteiger partial charge in [0, 0.05) is 18.7 Å². The summed E-state index contributed by atoms with van der Waals surface area (Å²) in [5.74, 6) is -2.64. The van der Waals surface area contributed by atoms with Crippen molar-refractivity contribution in [3.05, 3.63) is 50.3 Å². The number of nitro benzene ring substituents is 1. The van der Waals surface area contributed by atoms with E-state index in [0.717, 1.165) is 0 Å². The van der Waals surface area contributed by atoms with Gasteiger partial charge in [-0.3, -0.25) is 14.8 Å². The molecule has 6 nitrogen and oxygen atoms in total. The van der Waals surface area contributed by atoms with Gasteiger partial charge in [-0.15, -0.1) is 0 Å². The summed E-state index contributed by atoms with van der Waals surface area (Å²) in [7, 11) is 1.63. The molecular formula is C12H10ClF2N3O3. The Morgan fingerprint density at radius 2 is 2.10 bits per heavy atom. The molecule has 0 saturated carbocycles. The summed E-state index contributed by atoms with van der Waals surface area (Å²) in [6, 6.07) is 1.11. The summed E-state index contributed by atoms with van der Waals surface area (Å²) in [4.78, 5) is 9.48. The molecule has 0 spiro atoms. The molecule has 1 heterocycles. The van der Waals surface area contributed by atoms with Crippen molar-refractivity contribution in [3.8, 4) is 5.75 Å². The van der Waals surface area contributed by atoms with Crippen LogP contribution in [0.2, 0.25) is 5.15 Å². The number of ether oxygens (including phenoxy) is 1. The fraction of sp³-hybridized carbons (Fsp3) is 0.250. The number of halogens is 3. The number of hydrogen-bond acceptors (Lipinski definition) is 4. The second kappa shape index (κ2) is 5.65. The molecule has 1 aromatic carbocycles. The van der Waals surface area contributed by atoms with Gasteiger partial charge in [-0.05, 0) is 6.92 Å². The van der Waals surface area contributed by atoms with Crippen molar-refractivity contribution in [3.63, 3.8) is 0 Å². The molecule has 0 amide bonds. The van der Waals surface area contributed by atoms with Crippen LogP contribution < -0.4 is 4.74 Å². The van der Waals surface area contributed by atoms with Crippen molar-refractivity contribution in [2.45, 2.75) is 13.5 Å². The van der Waals surface area contributed by atoms with Gasteiger partial charge >= 0.3 is 5.69 Å². The van der Waals surface area contributed by atoms with Crippen LogP contribution in [-0.2, 0) is 13.7 Å². The topological polar surface area (TPSA) is 70.2 Å². The molecule has 0 aliphatic heterocycles. The van der Waals surface area contributed by atoms with Gasteiger partial charge in [0.05, 0.1) is 16.7 Å². The van der Waals surface area contributed by atoms with E-state index in [1.807, 2.05) is 0 Å². The summed E-state index contributed by atoms with van der Waals surface area (Å²) >= 11 is 5.98. The van der Waals surface area contributed by atoms with Gasteiger partial charge in [0.25, 0.3) is 0 Å². The predicted molar refractivity (Wildman–Crippen MR) is 70.3 cm³/mol. The summed E-state index contributed by atoms with van der Waals surface area (Å²) < 4.78 is 33.6. The van der Waals surface area contributed by atoms with E-state index >= 15 is 0 Å². The first-order valence-corrected chi connectivity index (χ1v) is 6.13. The van der Waals surface area contributed by atoms with Crippen LogP contribution in [0, 0.1) is 28.7 Å². The van der Waals surface area contributed by atoms with E-state index in [4.69, 9.17) is 16.3 Å². The maximum atomic E-state index is 13.6. The number of nitrogens with zero attached hydrogens (tertiary/aromatic N) is 3. The Bertz CT molecular complexity index is 718. The maximum Gasteiger partial charge on any atom is 0.307 e. The first kappa shape index (κ1) is 15.2. The largest absolute Gasteiger partial charge is 0.486 e. The minimum absolute atomic E-state index is 0.132. The number of aryl methyl sites for hydroxylation is 2. The third-order valence-electron chi connectivity index (χ3n) is 2.84. The quantitative estimate of drug-likeness (QED) is 0.641. The van der Waals surface area contributed by atoms with E-state index in [9.17, 15) is 18.9 Å². The smallest absolute Gasteiger partial charge is 0.307 e. The Kier molecular flexibility index (Phi) is 4.08. The summed E-state index contributed by atoms with van der Waals surface area (Å²) in [6.07, 6.45) is 0. The van der Waals surface area contributed by atoms with Gasteiger partial charge in [-0.25, -0.2) is 4.39 Å². The molecule has 0 unspecified atom stereocenters. The van der Waals surface area contributed by atoms with Gasteiger partial charge in [0.1, 0.15) is 11.8 Å². The molecule has 0 aliphatic carbocycles. The SMILES string of the molecule is Cc1nn(C)c(Cl)c1COc1cc(F)c([N+](=O)[O-])cc1F. The Morgan fingerprint density at radius 3 is 2.62 bits per heavy atom. The molecule has 0 radical (unpaired) electrons. The molecular weight excluding hydrogens is 308 g/mol. The highest BCUT2D eigenvalue weighted by Crippen LogP contribution is 2.28. The fourth-order valence-electron chi connectivity index (χ4n) is 1.76. The first-order chi connectivity index (χ1) is 9.81. The highest BCUT2D eigenvalue weighted by Gasteiger charge is 2.20. The lowest BCUT2D eigenvalue weighted by molar-refractivity contribution is -0.387. The molecule has 9 heteroatoms. The van der Waals surface area contributed by atoms with Crippen molar-refractivity contribution in [1.82, 2.24) is 9.78 Å². The Hall–Kier alpha value is -2.22. The Balaban J connectivity index is 2.25. The van der Waals surface area contributed by atoms with Crippen molar-refractivity contribution in [1.29, 1.82) is 0 Å². The van der Waals surface area contributed by atoms with E-state index in [-0.39, 0.29) is 6.61 Å². The third kappa shape index (κ3) is 2.94. The van der Waals surface area contributed by atoms with Crippen LogP contribution in [0.1, 0.15) is 11.3 Å². The van der Waals surface area contributed by atoms with Gasteiger partial charge < -0.3 is 4.74 Å². The zero-order chi connectivity index (χ0) is 15.7. The van der Waals surface area contributed by atoms with Crippen LogP contribution in [0.4, 0.5) is 14.5 Å². The van der Waals surface area contributed by atoms with Crippen LogP contribution in [0.3, 0.4) is 0 Å². The van der Waals surface area contributed by atoms with Gasteiger partial charge in [-0.1, -0.05) is 11.6 Å². The molecule has 0 bridgehead atoms. The van der Waals surface area contributed by atoms with Crippen molar-refractivity contribution >= 4 is 17.3 Å². The second-order valence-electron chi connectivity index (χ2n) is 4.26. The summed E-state index contributed by atoms with van der Waals surface area (Å²) in [5.41, 5.74) is 0.165. The highest BCUT2D eigenvalue weighted by atomic mass is 35.5. The van der Waals surface area contributed by atoms with Crippen molar-refractivity contribution in [2.24, 2.45) is 7.05 Å². The standard InChI is InChI=1S/C12H10ClF2N3O3/c1-6-7(12(13)17(2)16-6)5-21-11-4-8(14)10(18(19)20)3-9(11)15/h3-4H,5H2,1-2H3. The maximum absolute atomic E-state index is 13.6. The lowest BCUT2D eigenvalue weighted by atomic mass is 10.2. The molecule has 0 saturated heterocycles. The Labute approximate surface area is 123 Å². The zero-order valence-corrected chi connectivity index (χ0v) is 11.8. The number of rotatable bonds is 4. The van der Waals surface area contributed by atoms with Gasteiger partial charge in [0.2, 0.25) is 5.82 Å². The van der Waals surface area contributed by atoms with Gasteiger partial charge in [-0.2, -0.15) is 9.49 Å². The van der Waals surface area contributed by atoms with E-state index in [0.29, 0.717) is 28.5 Å². The van der Waals surface area contributed by atoms with Crippen LogP contribution in [0.15, 0.2) is 12.1 Å². The van der Waals surface area contributed by atoms with Crippen LogP contribution in [-0.4, -0.2) is 14.7 Å². The zero-order valence-electron chi connectivity index (χ0n) is 11.1. The van der Waals surface area contributed by atoms with Crippen LogP contribution in [0.25, 0.3) is 0 Å². The molecule has 2 rings (SSSR count). The third-order valence-corrected chi connectivity index (χ3v) is 3.31. The molecule has 21 heavy (non-hydrogen) atoms. The van der Waals surface area contributed by atoms with Crippen molar-refractivity contribution in [2.75, 3.05) is 0 Å². The lowest BCUT2D eigenvalue weighted by Crippen LogP contribution is -2.01. The average Bonchev–Trinajstić information content (AvgIpc) is 2.64. The van der Waals surface area contributed by atoms with Crippen molar-refractivity contribution < 1.29 is 18.4 Å². The molecule has 0 atom stereocenters. The average molecular weight is 318 g/mol. The van der Waals surface area contributed by atoms with E-state index in [2.05, 4.69) is 5.10 Å². The number of benzene rings is 1. The van der Waals surface area contributed by atoms with E-state index in [1.54, 1.807) is 14.0 Å². The molecule has 0 aliphatic rings. The Morgan fingerprint density at radius 1 is 1.43 bits per heavy atom. The van der Waals surface area contributed by atoms with E-state index < -0.39 is 28.0 Å². The molecule has 0 N–H and O–H groups in total. The minimum Gasteiger partial charge on any atom is -0.486 e. The molecule has 0 fully saturated rings. The van der Waals surface area contributed by atoms with E-state index in [1.165, 1.54) is 4.68 Å². The second-order valence-corrected chi connectivity index (χ2v) is 4.62. The minimum atomic E-state index is -1.18. The van der Waals surface area contributed by atoms with Crippen LogP contribution in [0.5, 0.6) is 5.75 Å². The van der Waals surface area contributed by atoms with Gasteiger partial charge in [0.15, 0.2) is 11.6 Å². The number of aromatic nitrogens is 2. The monoisotopic (exact) mass is 317 g/mol. The summed E-state index contributed by atoms with van der Waals surface area (Å²) in [5, 5.41) is 14.8. The molecule has 112 valence electrons. The summed E-state index contributed by atoms with van der Waals surface area (Å²) in [6.45, 7) is 1.56. The number of nitro groups is 1.